The number of hydrogen-bond acceptors (Lipinski definition) is 4. The Morgan fingerprint density at radius 3 is 2.48 bits per heavy atom. The first-order valence-electron chi connectivity index (χ1n) is 9.71. The summed E-state index contributed by atoms with van der Waals surface area (Å²) >= 11 is 0. The van der Waals surface area contributed by atoms with E-state index >= 15 is 0 Å². The molecule has 1 aromatic heterocycles. The fourth-order valence-electron chi connectivity index (χ4n) is 3.07. The number of nitrogens with zero attached hydrogens (tertiary/aromatic N) is 2. The lowest BCUT2D eigenvalue weighted by atomic mass is 10.1. The van der Waals surface area contributed by atoms with E-state index in [1.54, 1.807) is 4.90 Å². The molecule has 29 heavy (non-hydrogen) atoms. The topological polar surface area (TPSA) is 72.4 Å². The van der Waals surface area contributed by atoms with Gasteiger partial charge < -0.3 is 15.2 Å². The third-order valence-corrected chi connectivity index (χ3v) is 4.81. The summed E-state index contributed by atoms with van der Waals surface area (Å²) in [5.41, 5.74) is 9.33. The van der Waals surface area contributed by atoms with Crippen LogP contribution in [-0.2, 0) is 17.6 Å². The van der Waals surface area contributed by atoms with Crippen molar-refractivity contribution in [3.8, 4) is 11.3 Å². The van der Waals surface area contributed by atoms with E-state index in [1.165, 1.54) is 0 Å². The van der Waals surface area contributed by atoms with Gasteiger partial charge in [-0.2, -0.15) is 0 Å². The van der Waals surface area contributed by atoms with Gasteiger partial charge in [0.15, 0.2) is 0 Å². The quantitative estimate of drug-likeness (QED) is 0.405. The number of anilines is 1. The van der Waals surface area contributed by atoms with Crippen molar-refractivity contribution in [3.63, 3.8) is 0 Å². The number of aromatic nitrogens is 1. The average molecular weight is 414 g/mol. The van der Waals surface area contributed by atoms with Crippen LogP contribution in [0.3, 0.4) is 0 Å². The van der Waals surface area contributed by atoms with Gasteiger partial charge in [-0.1, -0.05) is 54.0 Å². The highest BCUT2D eigenvalue weighted by molar-refractivity contribution is 5.85. The Morgan fingerprint density at radius 1 is 1.03 bits per heavy atom. The normalized spacial score (nSPS) is 10.4. The number of aryl methyl sites for hydroxylation is 1. The zero-order chi connectivity index (χ0) is 19.8. The molecule has 2 aromatic carbocycles. The largest absolute Gasteiger partial charge is 0.399 e. The molecule has 0 aliphatic heterocycles. The lowest BCUT2D eigenvalue weighted by Gasteiger charge is -2.17. The maximum absolute atomic E-state index is 12.3. The zero-order valence-electron chi connectivity index (χ0n) is 16.7. The molecule has 0 fully saturated rings. The third kappa shape index (κ3) is 6.95. The van der Waals surface area contributed by atoms with Crippen LogP contribution in [0.4, 0.5) is 5.69 Å². The van der Waals surface area contributed by atoms with Gasteiger partial charge in [-0.15, -0.1) is 12.4 Å². The molecule has 3 aromatic rings. The van der Waals surface area contributed by atoms with Gasteiger partial charge in [-0.05, 0) is 30.5 Å². The van der Waals surface area contributed by atoms with Crippen molar-refractivity contribution in [1.82, 2.24) is 10.1 Å². The molecule has 0 atom stereocenters. The minimum atomic E-state index is 0. The molecule has 1 heterocycles. The molecular formula is C23H28ClN3O2. The summed E-state index contributed by atoms with van der Waals surface area (Å²) in [7, 11) is 1.86. The number of nitrogen functional groups attached to an aromatic ring is 1. The van der Waals surface area contributed by atoms with Crippen molar-refractivity contribution in [2.75, 3.05) is 19.3 Å². The van der Waals surface area contributed by atoms with Crippen molar-refractivity contribution in [1.29, 1.82) is 0 Å². The van der Waals surface area contributed by atoms with Gasteiger partial charge >= 0.3 is 0 Å². The summed E-state index contributed by atoms with van der Waals surface area (Å²) in [6, 6.07) is 19.5. The van der Waals surface area contributed by atoms with E-state index in [9.17, 15) is 4.79 Å². The van der Waals surface area contributed by atoms with Crippen molar-refractivity contribution in [2.24, 2.45) is 0 Å². The van der Waals surface area contributed by atoms with Crippen LogP contribution in [-0.4, -0.2) is 29.6 Å². The number of rotatable bonds is 9. The lowest BCUT2D eigenvalue weighted by molar-refractivity contribution is -0.129. The van der Waals surface area contributed by atoms with E-state index < -0.39 is 0 Å². The molecule has 1 amide bonds. The molecule has 3 rings (SSSR count). The van der Waals surface area contributed by atoms with E-state index in [4.69, 9.17) is 10.3 Å². The maximum atomic E-state index is 12.3. The monoisotopic (exact) mass is 413 g/mol. The van der Waals surface area contributed by atoms with Crippen LogP contribution >= 0.6 is 12.4 Å². The number of halogens is 1. The summed E-state index contributed by atoms with van der Waals surface area (Å²) in [6.45, 7) is 0.763. The third-order valence-electron chi connectivity index (χ3n) is 4.81. The smallest absolute Gasteiger partial charge is 0.226 e. The highest BCUT2D eigenvalue weighted by atomic mass is 35.5. The Balaban J connectivity index is 0.00000300. The molecule has 0 aliphatic rings. The summed E-state index contributed by atoms with van der Waals surface area (Å²) in [6.07, 6.45) is 4.31. The van der Waals surface area contributed by atoms with Gasteiger partial charge in [-0.25, -0.2) is 0 Å². The summed E-state index contributed by atoms with van der Waals surface area (Å²) in [4.78, 5) is 14.1. The van der Waals surface area contributed by atoms with Crippen LogP contribution in [0.15, 0.2) is 65.2 Å². The minimum absolute atomic E-state index is 0. The summed E-state index contributed by atoms with van der Waals surface area (Å²) in [5.74, 6) is 1.04. The molecule has 5 nitrogen and oxygen atoms in total. The molecule has 0 spiro atoms. The SMILES string of the molecule is CN(CCCCCc1cc(-c2ccccc2)no1)C(=O)Cc1ccc(N)cc1.Cl. The fraction of sp³-hybridized carbons (Fsp3) is 0.304. The Kier molecular flexibility index (Phi) is 8.74. The molecule has 0 bridgehead atoms. The number of likely N-dealkylation sites (N-methyl/N-ethyl adjacent to an activating group) is 1. The number of nitrogens with two attached hydrogens (primary N) is 1. The van der Waals surface area contributed by atoms with Gasteiger partial charge in [0.1, 0.15) is 11.5 Å². The van der Waals surface area contributed by atoms with Crippen molar-refractivity contribution < 1.29 is 9.32 Å². The van der Waals surface area contributed by atoms with Crippen LogP contribution in [0.2, 0.25) is 0 Å². The fourth-order valence-corrected chi connectivity index (χ4v) is 3.07. The Bertz CT molecular complexity index is 879. The van der Waals surface area contributed by atoms with Crippen LogP contribution in [0.5, 0.6) is 0 Å². The molecule has 154 valence electrons. The first-order chi connectivity index (χ1) is 13.6. The first kappa shape index (κ1) is 22.5. The first-order valence-corrected chi connectivity index (χ1v) is 9.71. The highest BCUT2D eigenvalue weighted by Crippen LogP contribution is 2.19. The number of hydrogen-bond donors (Lipinski definition) is 1. The number of carbonyl (C=O) groups excluding carboxylic acids is 1. The van der Waals surface area contributed by atoms with Gasteiger partial charge in [-0.3, -0.25) is 4.79 Å². The molecule has 0 unspecified atom stereocenters. The Hall–Kier alpha value is -2.79. The number of carbonyl (C=O) groups is 1. The second kappa shape index (κ2) is 11.3. The minimum Gasteiger partial charge on any atom is -0.399 e. The molecule has 0 saturated heterocycles. The molecule has 6 heteroatoms. The van der Waals surface area contributed by atoms with Gasteiger partial charge in [0.05, 0.1) is 6.42 Å². The van der Waals surface area contributed by atoms with Gasteiger partial charge in [0.2, 0.25) is 5.91 Å². The van der Waals surface area contributed by atoms with E-state index in [-0.39, 0.29) is 18.3 Å². The van der Waals surface area contributed by atoms with Crippen molar-refractivity contribution in [3.05, 3.63) is 72.0 Å². The van der Waals surface area contributed by atoms with Gasteiger partial charge in [0.25, 0.3) is 0 Å². The molecule has 2 N–H and O–H groups in total. The molecule has 0 aliphatic carbocycles. The number of amides is 1. The molecule has 0 saturated carbocycles. The second-order valence-corrected chi connectivity index (χ2v) is 7.09. The zero-order valence-corrected chi connectivity index (χ0v) is 17.5. The average Bonchev–Trinajstić information content (AvgIpc) is 3.19. The van der Waals surface area contributed by atoms with E-state index in [1.807, 2.05) is 67.7 Å². The van der Waals surface area contributed by atoms with Gasteiger partial charge in [0, 0.05) is 37.3 Å². The van der Waals surface area contributed by atoms with Crippen LogP contribution in [0.1, 0.15) is 30.6 Å². The molecular weight excluding hydrogens is 386 g/mol. The molecule has 0 radical (unpaired) electrons. The standard InChI is InChI=1S/C23H27N3O2.ClH/c1-26(23(27)16-18-11-13-20(24)14-12-18)15-7-3-6-10-21-17-22(25-28-21)19-8-4-2-5-9-19;/h2,4-5,8-9,11-14,17H,3,6-7,10,15-16,24H2,1H3;1H. The summed E-state index contributed by atoms with van der Waals surface area (Å²) in [5, 5.41) is 4.15. The summed E-state index contributed by atoms with van der Waals surface area (Å²) < 4.78 is 5.44. The number of unbranched alkanes of at least 4 members (excludes halogenated alkanes) is 2. The number of benzene rings is 2. The van der Waals surface area contributed by atoms with Crippen LogP contribution in [0.25, 0.3) is 11.3 Å². The predicted octanol–water partition coefficient (Wildman–Crippen LogP) is 4.76. The van der Waals surface area contributed by atoms with E-state index in [2.05, 4.69) is 5.16 Å². The predicted molar refractivity (Wildman–Crippen MR) is 119 cm³/mol. The van der Waals surface area contributed by atoms with Crippen LogP contribution < -0.4 is 5.73 Å². The Morgan fingerprint density at radius 2 is 1.76 bits per heavy atom. The highest BCUT2D eigenvalue weighted by Gasteiger charge is 2.10. The maximum Gasteiger partial charge on any atom is 0.226 e. The van der Waals surface area contributed by atoms with Crippen LogP contribution in [0, 0.1) is 0 Å². The Labute approximate surface area is 178 Å². The van der Waals surface area contributed by atoms with Crippen molar-refractivity contribution >= 4 is 24.0 Å². The van der Waals surface area contributed by atoms with Crippen molar-refractivity contribution in [2.45, 2.75) is 32.1 Å². The van der Waals surface area contributed by atoms with E-state index in [0.717, 1.165) is 54.8 Å². The van der Waals surface area contributed by atoms with E-state index in [0.29, 0.717) is 12.1 Å². The second-order valence-electron chi connectivity index (χ2n) is 7.09. The lowest BCUT2D eigenvalue weighted by Crippen LogP contribution is -2.29.